The van der Waals surface area contributed by atoms with Gasteiger partial charge in [0.1, 0.15) is 0 Å². The molecule has 1 aliphatic rings. The second-order valence-electron chi connectivity index (χ2n) is 4.58. The van der Waals surface area contributed by atoms with Crippen molar-refractivity contribution in [3.8, 4) is 0 Å². The molecule has 0 radical (unpaired) electrons. The molecular formula is C13H19IN2. The van der Waals surface area contributed by atoms with E-state index in [4.69, 9.17) is 0 Å². The predicted molar refractivity (Wildman–Crippen MR) is 77.9 cm³/mol. The first-order valence-corrected chi connectivity index (χ1v) is 7.07. The minimum atomic E-state index is 0.536. The molecule has 0 bridgehead atoms. The van der Waals surface area contributed by atoms with Crippen molar-refractivity contribution >= 4 is 28.3 Å². The van der Waals surface area contributed by atoms with E-state index >= 15 is 0 Å². The van der Waals surface area contributed by atoms with E-state index in [0.717, 1.165) is 0 Å². The molecule has 0 amide bonds. The molecule has 1 saturated heterocycles. The van der Waals surface area contributed by atoms with Crippen molar-refractivity contribution in [1.29, 1.82) is 0 Å². The largest absolute Gasteiger partial charge is 0.383 e. The average molecular weight is 330 g/mol. The van der Waals surface area contributed by atoms with Gasteiger partial charge in [-0.25, -0.2) is 0 Å². The van der Waals surface area contributed by atoms with Gasteiger partial charge in [-0.1, -0.05) is 6.07 Å². The minimum absolute atomic E-state index is 0.536. The van der Waals surface area contributed by atoms with Crippen LogP contribution in [0.15, 0.2) is 24.3 Å². The lowest BCUT2D eigenvalue weighted by atomic mass is 10.1. The smallest absolute Gasteiger partial charge is 0.0352 e. The van der Waals surface area contributed by atoms with Crippen LogP contribution in [0.4, 0.5) is 5.69 Å². The second kappa shape index (κ2) is 5.87. The Morgan fingerprint density at radius 1 is 1.56 bits per heavy atom. The molecule has 16 heavy (non-hydrogen) atoms. The SMILES string of the molecule is CC(CC1CCCN1)Nc1cccc(I)c1. The van der Waals surface area contributed by atoms with Crippen LogP contribution in [0.2, 0.25) is 0 Å². The maximum absolute atomic E-state index is 3.56. The lowest BCUT2D eigenvalue weighted by Gasteiger charge is -2.19. The third-order valence-corrected chi connectivity index (χ3v) is 3.71. The molecule has 0 aromatic heterocycles. The monoisotopic (exact) mass is 330 g/mol. The maximum atomic E-state index is 3.56. The molecule has 1 aromatic rings. The van der Waals surface area contributed by atoms with Crippen molar-refractivity contribution < 1.29 is 0 Å². The van der Waals surface area contributed by atoms with Crippen LogP contribution in [-0.2, 0) is 0 Å². The highest BCUT2D eigenvalue weighted by Gasteiger charge is 2.16. The molecular weight excluding hydrogens is 311 g/mol. The first-order valence-electron chi connectivity index (χ1n) is 5.99. The molecule has 88 valence electrons. The lowest BCUT2D eigenvalue weighted by Crippen LogP contribution is -2.29. The Morgan fingerprint density at radius 3 is 3.12 bits per heavy atom. The van der Waals surface area contributed by atoms with Crippen LogP contribution in [-0.4, -0.2) is 18.6 Å². The quantitative estimate of drug-likeness (QED) is 0.829. The fourth-order valence-electron chi connectivity index (χ4n) is 2.31. The Labute approximate surface area is 111 Å². The highest BCUT2D eigenvalue weighted by molar-refractivity contribution is 14.1. The first kappa shape index (κ1) is 12.2. The molecule has 0 saturated carbocycles. The molecule has 0 aliphatic carbocycles. The molecule has 2 nitrogen and oxygen atoms in total. The highest BCUT2D eigenvalue weighted by atomic mass is 127. The summed E-state index contributed by atoms with van der Waals surface area (Å²) < 4.78 is 1.29. The minimum Gasteiger partial charge on any atom is -0.383 e. The van der Waals surface area contributed by atoms with Gasteiger partial charge in [0.2, 0.25) is 0 Å². The summed E-state index contributed by atoms with van der Waals surface area (Å²) in [6, 6.07) is 9.80. The fourth-order valence-corrected chi connectivity index (χ4v) is 2.85. The van der Waals surface area contributed by atoms with E-state index in [0.29, 0.717) is 12.1 Å². The summed E-state index contributed by atoms with van der Waals surface area (Å²) in [5, 5.41) is 7.11. The van der Waals surface area contributed by atoms with Crippen molar-refractivity contribution in [1.82, 2.24) is 5.32 Å². The third-order valence-electron chi connectivity index (χ3n) is 3.04. The molecule has 1 aliphatic heterocycles. The standard InChI is InChI=1S/C13H19IN2/c1-10(8-12-6-3-7-15-12)16-13-5-2-4-11(14)9-13/h2,4-5,9-10,12,15-16H,3,6-8H2,1H3. The fraction of sp³-hybridized carbons (Fsp3) is 0.538. The van der Waals surface area contributed by atoms with E-state index in [2.05, 4.69) is 64.4 Å². The van der Waals surface area contributed by atoms with Gasteiger partial charge < -0.3 is 10.6 Å². The number of nitrogens with one attached hydrogen (secondary N) is 2. The predicted octanol–water partition coefficient (Wildman–Crippen LogP) is 3.23. The van der Waals surface area contributed by atoms with Crippen molar-refractivity contribution in [3.63, 3.8) is 0 Å². The van der Waals surface area contributed by atoms with Gasteiger partial charge in [-0.15, -0.1) is 0 Å². The van der Waals surface area contributed by atoms with E-state index in [1.54, 1.807) is 0 Å². The van der Waals surface area contributed by atoms with Crippen LogP contribution in [0.25, 0.3) is 0 Å². The second-order valence-corrected chi connectivity index (χ2v) is 5.83. The molecule has 1 fully saturated rings. The molecule has 1 aromatic carbocycles. The Balaban J connectivity index is 1.84. The van der Waals surface area contributed by atoms with E-state index in [1.807, 2.05) is 0 Å². The van der Waals surface area contributed by atoms with E-state index in [1.165, 1.54) is 35.1 Å². The number of hydrogen-bond acceptors (Lipinski definition) is 2. The molecule has 2 rings (SSSR count). The van der Waals surface area contributed by atoms with Crippen molar-refractivity contribution in [2.75, 3.05) is 11.9 Å². The molecule has 2 atom stereocenters. The summed E-state index contributed by atoms with van der Waals surface area (Å²) in [4.78, 5) is 0. The molecule has 3 heteroatoms. The van der Waals surface area contributed by atoms with Crippen molar-refractivity contribution in [3.05, 3.63) is 27.8 Å². The molecule has 2 unspecified atom stereocenters. The van der Waals surface area contributed by atoms with Crippen LogP contribution in [0.3, 0.4) is 0 Å². The van der Waals surface area contributed by atoms with Crippen LogP contribution < -0.4 is 10.6 Å². The topological polar surface area (TPSA) is 24.1 Å². The van der Waals surface area contributed by atoms with Gasteiger partial charge in [-0.2, -0.15) is 0 Å². The van der Waals surface area contributed by atoms with Gasteiger partial charge >= 0.3 is 0 Å². The number of hydrogen-bond donors (Lipinski definition) is 2. The van der Waals surface area contributed by atoms with Crippen molar-refractivity contribution in [2.45, 2.75) is 38.3 Å². The Hall–Kier alpha value is -0.290. The Bertz CT molecular complexity index is 334. The summed E-state index contributed by atoms with van der Waals surface area (Å²) >= 11 is 2.35. The van der Waals surface area contributed by atoms with E-state index < -0.39 is 0 Å². The van der Waals surface area contributed by atoms with Crippen LogP contribution in [0.1, 0.15) is 26.2 Å². The van der Waals surface area contributed by atoms with Gasteiger partial charge in [0.25, 0.3) is 0 Å². The maximum Gasteiger partial charge on any atom is 0.0352 e. The van der Waals surface area contributed by atoms with Gasteiger partial charge in [0.15, 0.2) is 0 Å². The average Bonchev–Trinajstić information content (AvgIpc) is 2.70. The lowest BCUT2D eigenvalue weighted by molar-refractivity contribution is 0.523. The summed E-state index contributed by atoms with van der Waals surface area (Å²) in [5.41, 5.74) is 1.23. The first-order chi connectivity index (χ1) is 7.74. The van der Waals surface area contributed by atoms with E-state index in [9.17, 15) is 0 Å². The molecule has 1 heterocycles. The zero-order valence-electron chi connectivity index (χ0n) is 9.67. The van der Waals surface area contributed by atoms with Crippen LogP contribution >= 0.6 is 22.6 Å². The summed E-state index contributed by atoms with van der Waals surface area (Å²) in [7, 11) is 0. The van der Waals surface area contributed by atoms with Gasteiger partial charge in [-0.05, 0) is 73.5 Å². The van der Waals surface area contributed by atoms with Crippen LogP contribution in [0.5, 0.6) is 0 Å². The van der Waals surface area contributed by atoms with Crippen molar-refractivity contribution in [2.24, 2.45) is 0 Å². The number of rotatable bonds is 4. The normalized spacial score (nSPS) is 22.0. The zero-order valence-corrected chi connectivity index (χ0v) is 11.8. The van der Waals surface area contributed by atoms with E-state index in [-0.39, 0.29) is 0 Å². The van der Waals surface area contributed by atoms with Gasteiger partial charge in [0.05, 0.1) is 0 Å². The number of halogens is 1. The third kappa shape index (κ3) is 3.63. The Morgan fingerprint density at radius 2 is 2.44 bits per heavy atom. The number of benzene rings is 1. The number of anilines is 1. The highest BCUT2D eigenvalue weighted by Crippen LogP contribution is 2.17. The summed E-state index contributed by atoms with van der Waals surface area (Å²) in [6.07, 6.45) is 3.88. The zero-order chi connectivity index (χ0) is 11.4. The van der Waals surface area contributed by atoms with Gasteiger partial charge in [0, 0.05) is 21.3 Å². The summed E-state index contributed by atoms with van der Waals surface area (Å²) in [6.45, 7) is 3.46. The molecule has 0 spiro atoms. The molecule has 2 N–H and O–H groups in total. The van der Waals surface area contributed by atoms with Gasteiger partial charge in [-0.3, -0.25) is 0 Å². The Kier molecular flexibility index (Phi) is 4.46. The summed E-state index contributed by atoms with van der Waals surface area (Å²) in [5.74, 6) is 0. The van der Waals surface area contributed by atoms with Crippen LogP contribution in [0, 0.1) is 3.57 Å².